The number of anilines is 2. The molecule has 1 amide bonds. The number of amides is 1. The van der Waals surface area contributed by atoms with Crippen molar-refractivity contribution in [1.82, 2.24) is 20.2 Å². The highest BCUT2D eigenvalue weighted by molar-refractivity contribution is 7.92. The number of hydrogen-bond donors (Lipinski definition) is 2. The molecule has 6 rings (SSSR count). The van der Waals surface area contributed by atoms with Crippen LogP contribution >= 0.6 is 0 Å². The lowest BCUT2D eigenvalue weighted by atomic mass is 9.73. The minimum Gasteiger partial charge on any atom is -0.475 e. The summed E-state index contributed by atoms with van der Waals surface area (Å²) < 4.78 is 47.9. The molecule has 2 aromatic heterocycles. The van der Waals surface area contributed by atoms with Crippen molar-refractivity contribution >= 4 is 38.2 Å². The molecular formula is C28H33FN6O4S. The monoisotopic (exact) mass is 568 g/mol. The molecule has 0 atom stereocenters. The van der Waals surface area contributed by atoms with E-state index in [9.17, 15) is 13.2 Å². The van der Waals surface area contributed by atoms with E-state index < -0.39 is 21.3 Å². The lowest BCUT2D eigenvalue weighted by Crippen LogP contribution is -2.64. The van der Waals surface area contributed by atoms with Gasteiger partial charge in [-0.3, -0.25) is 19.4 Å². The van der Waals surface area contributed by atoms with Gasteiger partial charge in [-0.1, -0.05) is 13.8 Å². The van der Waals surface area contributed by atoms with E-state index in [2.05, 4.69) is 24.9 Å². The Hall–Kier alpha value is -3.35. The number of likely N-dealkylation sites (tertiary alicyclic amines) is 1. The van der Waals surface area contributed by atoms with Crippen LogP contribution in [0.3, 0.4) is 0 Å². The first-order valence-corrected chi connectivity index (χ1v) is 15.4. The fourth-order valence-electron chi connectivity index (χ4n) is 5.84. The van der Waals surface area contributed by atoms with Crippen LogP contribution in [-0.2, 0) is 20.2 Å². The van der Waals surface area contributed by atoms with Gasteiger partial charge < -0.3 is 15.0 Å². The van der Waals surface area contributed by atoms with Crippen molar-refractivity contribution in [1.29, 1.82) is 0 Å². The fourth-order valence-corrected chi connectivity index (χ4v) is 6.39. The highest BCUT2D eigenvalue weighted by atomic mass is 32.2. The molecule has 1 spiro atoms. The molecule has 1 saturated carbocycles. The molecule has 2 aliphatic heterocycles. The molecule has 1 aromatic carbocycles. The molecule has 0 unspecified atom stereocenters. The number of carbonyl (C=O) groups excluding carboxylic acids is 1. The van der Waals surface area contributed by atoms with Crippen molar-refractivity contribution in [3.8, 4) is 17.0 Å². The summed E-state index contributed by atoms with van der Waals surface area (Å²) in [5, 5.41) is 3.93. The highest BCUT2D eigenvalue weighted by Crippen LogP contribution is 2.52. The van der Waals surface area contributed by atoms with Crippen LogP contribution < -0.4 is 19.7 Å². The van der Waals surface area contributed by atoms with Crippen LogP contribution in [0.4, 0.5) is 15.8 Å². The number of carbonyl (C=O) groups is 1. The average Bonchev–Trinajstić information content (AvgIpc) is 3.66. The van der Waals surface area contributed by atoms with Gasteiger partial charge in [0.1, 0.15) is 23.5 Å². The van der Waals surface area contributed by atoms with Gasteiger partial charge in [-0.25, -0.2) is 17.8 Å². The number of likely N-dealkylation sites (N-methyl/N-ethyl adjacent to an activating group) is 1. The lowest BCUT2D eigenvalue weighted by Gasteiger charge is -2.47. The summed E-state index contributed by atoms with van der Waals surface area (Å²) in [5.41, 5.74) is 2.13. The van der Waals surface area contributed by atoms with Crippen molar-refractivity contribution in [3.05, 3.63) is 42.0 Å². The van der Waals surface area contributed by atoms with Gasteiger partial charge in [-0.15, -0.1) is 0 Å². The van der Waals surface area contributed by atoms with Crippen LogP contribution in [0.5, 0.6) is 5.88 Å². The Morgan fingerprint density at radius 1 is 1.18 bits per heavy atom. The van der Waals surface area contributed by atoms with Gasteiger partial charge in [0.25, 0.3) is 0 Å². The summed E-state index contributed by atoms with van der Waals surface area (Å²) in [4.78, 5) is 26.3. The van der Waals surface area contributed by atoms with Crippen LogP contribution in [0.2, 0.25) is 0 Å². The van der Waals surface area contributed by atoms with Gasteiger partial charge in [-0.05, 0) is 25.0 Å². The Morgan fingerprint density at radius 2 is 1.93 bits per heavy atom. The van der Waals surface area contributed by atoms with Gasteiger partial charge >= 0.3 is 0 Å². The Balaban J connectivity index is 1.41. The van der Waals surface area contributed by atoms with Gasteiger partial charge in [0.15, 0.2) is 0 Å². The second-order valence-electron chi connectivity index (χ2n) is 11.4. The van der Waals surface area contributed by atoms with Crippen molar-refractivity contribution < 1.29 is 22.3 Å². The Bertz CT molecular complexity index is 1620. The number of halogens is 1. The zero-order chi connectivity index (χ0) is 28.4. The zero-order valence-corrected chi connectivity index (χ0v) is 23.8. The quantitative estimate of drug-likeness (QED) is 0.379. The van der Waals surface area contributed by atoms with Gasteiger partial charge in [0, 0.05) is 73.1 Å². The minimum atomic E-state index is -3.66. The number of nitrogens with one attached hydrogen (secondary N) is 2. The molecule has 10 nitrogen and oxygen atoms in total. The van der Waals surface area contributed by atoms with E-state index in [0.717, 1.165) is 30.3 Å². The Kier molecular flexibility index (Phi) is 6.47. The maximum absolute atomic E-state index is 15.5. The van der Waals surface area contributed by atoms with Crippen LogP contribution in [0.15, 0.2) is 30.6 Å². The summed E-state index contributed by atoms with van der Waals surface area (Å²) in [6.07, 6.45) is 6.46. The van der Waals surface area contributed by atoms with Crippen molar-refractivity contribution in [2.24, 2.45) is 0 Å². The molecule has 1 saturated heterocycles. The summed E-state index contributed by atoms with van der Waals surface area (Å²) in [5.74, 6) is -0.388. The number of ether oxygens (including phenoxy) is 1. The van der Waals surface area contributed by atoms with Gasteiger partial charge in [-0.2, -0.15) is 0 Å². The van der Waals surface area contributed by atoms with E-state index in [4.69, 9.17) is 4.74 Å². The standard InChI is InChI=1S/C28H33FN6O4S/c1-16(2)30-7-8-39-26-23(33-40(4,37)38)9-17(12-32-26)19-10-20-22(11-21(19)29)31-13-24-25(20)28(27(36)34(24)3)14-35(15-28)18-5-6-18/h9-13,16,18,30,33H,5-8,14-15H2,1-4H3. The zero-order valence-electron chi connectivity index (χ0n) is 23.0. The van der Waals surface area contributed by atoms with E-state index in [1.54, 1.807) is 24.2 Å². The summed E-state index contributed by atoms with van der Waals surface area (Å²) >= 11 is 0. The molecule has 2 N–H and O–H groups in total. The van der Waals surface area contributed by atoms with Gasteiger partial charge in [0.2, 0.25) is 21.8 Å². The number of rotatable bonds is 9. The van der Waals surface area contributed by atoms with Crippen molar-refractivity contribution in [2.45, 2.75) is 44.2 Å². The second-order valence-corrected chi connectivity index (χ2v) is 13.1. The molecule has 2 fully saturated rings. The maximum Gasteiger partial charge on any atom is 0.240 e. The third kappa shape index (κ3) is 4.67. The smallest absolute Gasteiger partial charge is 0.240 e. The van der Waals surface area contributed by atoms with Crippen LogP contribution in [-0.4, -0.2) is 80.8 Å². The molecule has 40 heavy (non-hydrogen) atoms. The van der Waals surface area contributed by atoms with Crippen LogP contribution in [0, 0.1) is 5.82 Å². The van der Waals surface area contributed by atoms with Gasteiger partial charge in [0.05, 0.1) is 23.7 Å². The largest absolute Gasteiger partial charge is 0.475 e. The minimum absolute atomic E-state index is 0.0364. The number of pyridine rings is 2. The number of fused-ring (bicyclic) bond motifs is 4. The van der Waals surface area contributed by atoms with E-state index in [1.165, 1.54) is 18.3 Å². The molecule has 0 radical (unpaired) electrons. The van der Waals surface area contributed by atoms with E-state index in [-0.39, 0.29) is 35.7 Å². The predicted molar refractivity (Wildman–Crippen MR) is 152 cm³/mol. The Morgan fingerprint density at radius 3 is 2.60 bits per heavy atom. The van der Waals surface area contributed by atoms with E-state index in [1.807, 2.05) is 13.8 Å². The third-order valence-electron chi connectivity index (χ3n) is 7.85. The van der Waals surface area contributed by atoms with Crippen LogP contribution in [0.1, 0.15) is 32.3 Å². The fraction of sp³-hybridized carbons (Fsp3) is 0.464. The predicted octanol–water partition coefficient (Wildman–Crippen LogP) is 2.88. The molecule has 212 valence electrons. The molecule has 3 aliphatic rings. The molecule has 3 aromatic rings. The summed E-state index contributed by atoms with van der Waals surface area (Å²) in [6.45, 7) is 6.12. The number of nitrogens with zero attached hydrogens (tertiary/aromatic N) is 4. The van der Waals surface area contributed by atoms with E-state index >= 15 is 4.39 Å². The third-order valence-corrected chi connectivity index (χ3v) is 8.44. The number of aromatic nitrogens is 2. The number of benzene rings is 1. The van der Waals surface area contributed by atoms with Crippen molar-refractivity contribution in [3.63, 3.8) is 0 Å². The number of hydrogen-bond acceptors (Lipinski definition) is 8. The van der Waals surface area contributed by atoms with Crippen LogP contribution in [0.25, 0.3) is 22.0 Å². The topological polar surface area (TPSA) is 117 Å². The normalized spacial score (nSPS) is 18.4. The molecular weight excluding hydrogens is 535 g/mol. The molecule has 12 heteroatoms. The maximum atomic E-state index is 15.5. The first-order chi connectivity index (χ1) is 19.0. The first-order valence-electron chi connectivity index (χ1n) is 13.5. The highest BCUT2D eigenvalue weighted by Gasteiger charge is 2.60. The summed E-state index contributed by atoms with van der Waals surface area (Å²) in [7, 11) is -1.90. The molecule has 1 aliphatic carbocycles. The molecule has 4 heterocycles. The number of sulfonamides is 1. The summed E-state index contributed by atoms with van der Waals surface area (Å²) in [6, 6.07) is 5.40. The first kappa shape index (κ1) is 26.9. The Labute approximate surface area is 233 Å². The SMILES string of the molecule is CC(C)NCCOc1ncc(-c2cc3c4c(cnc3cc2F)N(C)C(=O)C42CN(C3CC3)C2)cc1NS(C)(=O)=O. The molecule has 0 bridgehead atoms. The second kappa shape index (κ2) is 9.64. The lowest BCUT2D eigenvalue weighted by molar-refractivity contribution is -0.129. The van der Waals surface area contributed by atoms with Crippen molar-refractivity contribution in [2.75, 3.05) is 49.2 Å². The average molecular weight is 569 g/mol. The van der Waals surface area contributed by atoms with E-state index in [0.29, 0.717) is 42.1 Å².